The van der Waals surface area contributed by atoms with Crippen LogP contribution >= 0.6 is 11.6 Å². The van der Waals surface area contributed by atoms with Gasteiger partial charge in [0.2, 0.25) is 11.8 Å². The second-order valence-electron chi connectivity index (χ2n) is 9.63. The molecule has 0 amide bonds. The molecule has 5 aromatic rings. The van der Waals surface area contributed by atoms with Crippen molar-refractivity contribution in [1.82, 2.24) is 25.0 Å². The zero-order valence-corrected chi connectivity index (χ0v) is 22.9. The molecule has 6 rings (SSSR count). The number of benzene rings is 3. The number of aromatic nitrogens is 5. The fourth-order valence-electron chi connectivity index (χ4n) is 4.88. The molecular formula is C30H23ClF3N5O3. The molecule has 2 aromatic heterocycles. The van der Waals surface area contributed by atoms with Crippen LogP contribution in [0, 0.1) is 6.92 Å². The second kappa shape index (κ2) is 11.4. The summed E-state index contributed by atoms with van der Waals surface area (Å²) in [5, 5.41) is 17.6. The lowest BCUT2D eigenvalue weighted by Crippen LogP contribution is -2.17. The van der Waals surface area contributed by atoms with Crippen LogP contribution in [-0.2, 0) is 24.4 Å². The second-order valence-corrected chi connectivity index (χ2v) is 10.1. The first-order valence-electron chi connectivity index (χ1n) is 13.0. The Balaban J connectivity index is 1.35. The molecule has 0 saturated heterocycles. The minimum atomic E-state index is -4.84. The zero-order chi connectivity index (χ0) is 29.3. The molecule has 1 aliphatic rings. The van der Waals surface area contributed by atoms with Crippen LogP contribution in [0.4, 0.5) is 13.2 Å². The number of nitrogens with zero attached hydrogens (tertiary/aromatic N) is 5. The molecule has 3 heterocycles. The maximum Gasteiger partial charge on any atom is 0.573 e. The molecule has 8 nitrogen and oxygen atoms in total. The summed E-state index contributed by atoms with van der Waals surface area (Å²) in [6.07, 6.45) is -2.66. The van der Waals surface area contributed by atoms with Crippen molar-refractivity contribution in [3.8, 4) is 11.4 Å². The Morgan fingerprint density at radius 1 is 0.905 bits per heavy atom. The van der Waals surface area contributed by atoms with Crippen LogP contribution in [0.3, 0.4) is 0 Å². The lowest BCUT2D eigenvalue weighted by molar-refractivity contribution is -0.274. The highest BCUT2D eigenvalue weighted by molar-refractivity contribution is 6.30. The van der Waals surface area contributed by atoms with Crippen molar-refractivity contribution in [2.24, 2.45) is 0 Å². The number of rotatable bonds is 8. The van der Waals surface area contributed by atoms with Crippen LogP contribution in [0.5, 0.6) is 5.75 Å². The Morgan fingerprint density at radius 2 is 1.67 bits per heavy atom. The third kappa shape index (κ3) is 6.07. The molecule has 0 radical (unpaired) electrons. The molecule has 0 N–H and O–H groups in total. The van der Waals surface area contributed by atoms with Gasteiger partial charge >= 0.3 is 6.36 Å². The van der Waals surface area contributed by atoms with Crippen LogP contribution < -0.4 is 4.74 Å². The van der Waals surface area contributed by atoms with E-state index in [9.17, 15) is 13.2 Å². The molecule has 12 heteroatoms. The minimum Gasteiger partial charge on any atom is -0.423 e. The number of halogens is 4. The first-order valence-corrected chi connectivity index (χ1v) is 13.3. The Kier molecular flexibility index (Phi) is 7.53. The van der Waals surface area contributed by atoms with Gasteiger partial charge in [-0.15, -0.1) is 33.6 Å². The Labute approximate surface area is 243 Å². The van der Waals surface area contributed by atoms with Crippen molar-refractivity contribution in [1.29, 1.82) is 0 Å². The molecule has 0 saturated carbocycles. The van der Waals surface area contributed by atoms with E-state index < -0.39 is 12.3 Å². The van der Waals surface area contributed by atoms with E-state index in [1.165, 1.54) is 12.1 Å². The fourth-order valence-corrected chi connectivity index (χ4v) is 5.01. The van der Waals surface area contributed by atoms with Gasteiger partial charge in [0.05, 0.1) is 12.3 Å². The summed E-state index contributed by atoms with van der Waals surface area (Å²) in [4.78, 5) is 0. The quantitative estimate of drug-likeness (QED) is 0.191. The summed E-state index contributed by atoms with van der Waals surface area (Å²) in [5.74, 6) is 1.04. The molecule has 0 bridgehead atoms. The topological polar surface area (TPSA) is 88.1 Å². The van der Waals surface area contributed by atoms with Crippen molar-refractivity contribution in [2.75, 3.05) is 0 Å². The summed E-state index contributed by atoms with van der Waals surface area (Å²) >= 11 is 6.14. The van der Waals surface area contributed by atoms with Crippen LogP contribution in [0.2, 0.25) is 5.02 Å². The standard InChI is InChI=1S/C30H23ClF3N5O3/c1-18-35-38-29-21(14-27-36-37-28(41-27)17-40-16-19-5-3-2-4-6-19)13-24(20-7-9-22(31)10-8-20)25-15-23(42-30(32,33)34)11-12-26(25)39(18)29/h2-13,15,21H,14,16-17H2,1H3/t21-/m1/s1. The monoisotopic (exact) mass is 593 g/mol. The summed E-state index contributed by atoms with van der Waals surface area (Å²) in [6, 6.07) is 21.0. The smallest absolute Gasteiger partial charge is 0.423 e. The molecule has 0 aliphatic carbocycles. The van der Waals surface area contributed by atoms with Gasteiger partial charge in [0, 0.05) is 22.9 Å². The number of ether oxygens (including phenoxy) is 2. The molecule has 0 unspecified atom stereocenters. The van der Waals surface area contributed by atoms with Gasteiger partial charge in [-0.2, -0.15) is 0 Å². The number of fused-ring (bicyclic) bond motifs is 3. The molecule has 0 fully saturated rings. The van der Waals surface area contributed by atoms with E-state index >= 15 is 0 Å². The Morgan fingerprint density at radius 3 is 2.43 bits per heavy atom. The maximum absolute atomic E-state index is 13.1. The van der Waals surface area contributed by atoms with Crippen LogP contribution in [0.15, 0.2) is 83.3 Å². The number of aryl methyl sites for hydroxylation is 1. The SMILES string of the molecule is Cc1nnc2n1-c1ccc(OC(F)(F)F)cc1C(c1ccc(Cl)cc1)=C[C@@H]2Cc1nnc(COCc2ccccc2)o1. The lowest BCUT2D eigenvalue weighted by atomic mass is 9.92. The molecule has 0 spiro atoms. The number of hydrogen-bond donors (Lipinski definition) is 0. The number of alkyl halides is 3. The third-order valence-electron chi connectivity index (χ3n) is 6.68. The van der Waals surface area contributed by atoms with Crippen LogP contribution in [-0.4, -0.2) is 31.3 Å². The first kappa shape index (κ1) is 27.7. The molecule has 42 heavy (non-hydrogen) atoms. The van der Waals surface area contributed by atoms with Gasteiger partial charge in [-0.25, -0.2) is 0 Å². The molecule has 1 atom stereocenters. The van der Waals surface area contributed by atoms with Gasteiger partial charge < -0.3 is 13.9 Å². The molecule has 3 aromatic carbocycles. The van der Waals surface area contributed by atoms with E-state index in [0.29, 0.717) is 51.9 Å². The summed E-state index contributed by atoms with van der Waals surface area (Å²) in [5.41, 5.74) is 3.54. The van der Waals surface area contributed by atoms with Gasteiger partial charge in [0.15, 0.2) is 0 Å². The Bertz CT molecular complexity index is 1730. The Hall–Kier alpha value is -4.48. The largest absolute Gasteiger partial charge is 0.573 e. The predicted molar refractivity (Wildman–Crippen MR) is 147 cm³/mol. The molecule has 214 valence electrons. The van der Waals surface area contributed by atoms with E-state index in [1.54, 1.807) is 37.3 Å². The first-order chi connectivity index (χ1) is 20.2. The van der Waals surface area contributed by atoms with E-state index in [1.807, 2.05) is 41.0 Å². The average Bonchev–Trinajstić information content (AvgIpc) is 3.54. The van der Waals surface area contributed by atoms with Crippen molar-refractivity contribution >= 4 is 17.2 Å². The van der Waals surface area contributed by atoms with Crippen molar-refractivity contribution in [3.63, 3.8) is 0 Å². The van der Waals surface area contributed by atoms with Crippen molar-refractivity contribution in [3.05, 3.63) is 124 Å². The summed E-state index contributed by atoms with van der Waals surface area (Å²) in [6.45, 7) is 2.32. The molecular weight excluding hydrogens is 571 g/mol. The van der Waals surface area contributed by atoms with Gasteiger partial charge in [-0.3, -0.25) is 4.57 Å². The highest BCUT2D eigenvalue weighted by Gasteiger charge is 2.33. The van der Waals surface area contributed by atoms with Gasteiger partial charge in [0.1, 0.15) is 24.0 Å². The van der Waals surface area contributed by atoms with Gasteiger partial charge in [0.25, 0.3) is 0 Å². The predicted octanol–water partition coefficient (Wildman–Crippen LogP) is 7.00. The van der Waals surface area contributed by atoms with Crippen LogP contribution in [0.25, 0.3) is 11.3 Å². The van der Waals surface area contributed by atoms with Crippen molar-refractivity contribution < 1.29 is 27.1 Å². The highest BCUT2D eigenvalue weighted by Crippen LogP contribution is 2.40. The van der Waals surface area contributed by atoms with E-state index in [0.717, 1.165) is 11.1 Å². The van der Waals surface area contributed by atoms with E-state index in [2.05, 4.69) is 25.1 Å². The lowest BCUT2D eigenvalue weighted by Gasteiger charge is -2.16. The highest BCUT2D eigenvalue weighted by atomic mass is 35.5. The van der Waals surface area contributed by atoms with Gasteiger partial charge in [-0.05, 0) is 54.0 Å². The fraction of sp³-hybridized carbons (Fsp3) is 0.200. The number of hydrogen-bond acceptors (Lipinski definition) is 7. The zero-order valence-electron chi connectivity index (χ0n) is 22.2. The van der Waals surface area contributed by atoms with Crippen molar-refractivity contribution in [2.45, 2.75) is 38.8 Å². The van der Waals surface area contributed by atoms with E-state index in [-0.39, 0.29) is 18.8 Å². The summed E-state index contributed by atoms with van der Waals surface area (Å²) < 4.78 is 57.1. The number of allylic oxidation sites excluding steroid dienone is 1. The average molecular weight is 594 g/mol. The maximum atomic E-state index is 13.1. The molecule has 1 aliphatic heterocycles. The third-order valence-corrected chi connectivity index (χ3v) is 6.93. The van der Waals surface area contributed by atoms with Crippen LogP contribution in [0.1, 0.15) is 46.0 Å². The van der Waals surface area contributed by atoms with E-state index in [4.69, 9.17) is 20.8 Å². The normalized spacial score (nSPS) is 14.6. The minimum absolute atomic E-state index is 0.140. The summed E-state index contributed by atoms with van der Waals surface area (Å²) in [7, 11) is 0. The van der Waals surface area contributed by atoms with Gasteiger partial charge in [-0.1, -0.05) is 60.1 Å².